The van der Waals surface area contributed by atoms with E-state index in [1.807, 2.05) is 55.5 Å². The summed E-state index contributed by atoms with van der Waals surface area (Å²) in [6, 6.07) is 17.2. The van der Waals surface area contributed by atoms with Crippen molar-refractivity contribution in [2.75, 3.05) is 0 Å². The molecule has 0 atom stereocenters. The van der Waals surface area contributed by atoms with Crippen LogP contribution in [0.2, 0.25) is 0 Å². The van der Waals surface area contributed by atoms with Crippen molar-refractivity contribution in [3.8, 4) is 23.5 Å². The summed E-state index contributed by atoms with van der Waals surface area (Å²) in [6.45, 7) is 1.86. The van der Waals surface area contributed by atoms with Crippen LogP contribution in [0, 0.1) is 12.3 Å². The van der Waals surface area contributed by atoms with Gasteiger partial charge in [-0.2, -0.15) is 0 Å². The molecule has 2 nitrogen and oxygen atoms in total. The second-order valence-corrected chi connectivity index (χ2v) is 5.58. The largest absolute Gasteiger partial charge is 0.298 e. The zero-order chi connectivity index (χ0) is 17.1. The van der Waals surface area contributed by atoms with Gasteiger partial charge in [0.2, 0.25) is 0 Å². The molecule has 0 bridgehead atoms. The number of Topliss-reactive ketones (excluding diaryl/α,β-unsaturated/α-hetero) is 1. The SMILES string of the molecule is C#Cc1ccc2cc(-c3ccc(C(=O)CC)cc3)ccc2c1C=O. The molecule has 0 radical (unpaired) electrons. The molecule has 24 heavy (non-hydrogen) atoms. The molecule has 0 fully saturated rings. The minimum atomic E-state index is 0.137. The van der Waals surface area contributed by atoms with E-state index >= 15 is 0 Å². The van der Waals surface area contributed by atoms with E-state index in [1.54, 1.807) is 6.07 Å². The van der Waals surface area contributed by atoms with E-state index in [0.717, 1.165) is 33.7 Å². The van der Waals surface area contributed by atoms with Gasteiger partial charge < -0.3 is 0 Å². The van der Waals surface area contributed by atoms with Gasteiger partial charge in [-0.3, -0.25) is 9.59 Å². The van der Waals surface area contributed by atoms with Crippen molar-refractivity contribution >= 4 is 22.8 Å². The Labute approximate surface area is 141 Å². The first-order valence-electron chi connectivity index (χ1n) is 7.80. The first kappa shape index (κ1) is 15.7. The summed E-state index contributed by atoms with van der Waals surface area (Å²) in [5.74, 6) is 2.68. The lowest BCUT2D eigenvalue weighted by Crippen LogP contribution is -1.95. The molecular formula is C22H16O2. The van der Waals surface area contributed by atoms with E-state index in [-0.39, 0.29) is 5.78 Å². The molecule has 0 unspecified atom stereocenters. The fourth-order valence-corrected chi connectivity index (χ4v) is 2.84. The van der Waals surface area contributed by atoms with Crippen LogP contribution in [0.4, 0.5) is 0 Å². The molecule has 0 N–H and O–H groups in total. The maximum atomic E-state index is 11.7. The van der Waals surface area contributed by atoms with Gasteiger partial charge in [-0.1, -0.05) is 55.3 Å². The van der Waals surface area contributed by atoms with E-state index < -0.39 is 0 Å². The molecule has 0 aliphatic carbocycles. The third kappa shape index (κ3) is 2.73. The number of hydrogen-bond donors (Lipinski definition) is 0. The van der Waals surface area contributed by atoms with Crippen LogP contribution in [-0.4, -0.2) is 12.1 Å². The Bertz CT molecular complexity index is 973. The lowest BCUT2D eigenvalue weighted by atomic mass is 9.95. The fourth-order valence-electron chi connectivity index (χ4n) is 2.84. The highest BCUT2D eigenvalue weighted by molar-refractivity contribution is 6.02. The number of carbonyl (C=O) groups excluding carboxylic acids is 2. The van der Waals surface area contributed by atoms with E-state index in [0.29, 0.717) is 17.5 Å². The third-order valence-corrected chi connectivity index (χ3v) is 4.20. The lowest BCUT2D eigenvalue weighted by Gasteiger charge is -2.08. The van der Waals surface area contributed by atoms with Crippen molar-refractivity contribution in [2.45, 2.75) is 13.3 Å². The molecule has 3 rings (SSSR count). The number of benzene rings is 3. The van der Waals surface area contributed by atoms with Crippen molar-refractivity contribution in [1.29, 1.82) is 0 Å². The topological polar surface area (TPSA) is 34.1 Å². The summed E-state index contributed by atoms with van der Waals surface area (Å²) in [6.07, 6.45) is 6.76. The predicted octanol–water partition coefficient (Wildman–Crippen LogP) is 4.89. The molecule has 3 aromatic rings. The lowest BCUT2D eigenvalue weighted by molar-refractivity contribution is 0.0987. The van der Waals surface area contributed by atoms with Crippen LogP contribution in [0.5, 0.6) is 0 Å². The predicted molar refractivity (Wildman–Crippen MR) is 97.3 cm³/mol. The van der Waals surface area contributed by atoms with Crippen LogP contribution >= 0.6 is 0 Å². The summed E-state index contributed by atoms with van der Waals surface area (Å²) in [4.78, 5) is 23.1. The number of rotatable bonds is 4. The zero-order valence-electron chi connectivity index (χ0n) is 13.4. The Balaban J connectivity index is 2.07. The molecule has 0 aromatic heterocycles. The first-order chi connectivity index (χ1) is 11.7. The molecule has 0 spiro atoms. The van der Waals surface area contributed by atoms with Crippen molar-refractivity contribution in [3.05, 3.63) is 71.3 Å². The van der Waals surface area contributed by atoms with E-state index in [2.05, 4.69) is 5.92 Å². The van der Waals surface area contributed by atoms with Crippen LogP contribution in [0.1, 0.15) is 39.6 Å². The standard InChI is InChI=1S/C22H16O2/c1-3-15-5-10-19-13-18(11-12-20(19)21(15)14-23)16-6-8-17(9-7-16)22(24)4-2/h1,5-14H,4H2,2H3. The van der Waals surface area contributed by atoms with Gasteiger partial charge in [0.25, 0.3) is 0 Å². The van der Waals surface area contributed by atoms with E-state index in [9.17, 15) is 9.59 Å². The first-order valence-corrected chi connectivity index (χ1v) is 7.80. The van der Waals surface area contributed by atoms with Crippen molar-refractivity contribution < 1.29 is 9.59 Å². The number of carbonyl (C=O) groups is 2. The van der Waals surface area contributed by atoms with E-state index in [1.165, 1.54) is 0 Å². The highest BCUT2D eigenvalue weighted by atomic mass is 16.1. The quantitative estimate of drug-likeness (QED) is 0.390. The number of hydrogen-bond acceptors (Lipinski definition) is 2. The summed E-state index contributed by atoms with van der Waals surface area (Å²) in [5, 5.41) is 1.81. The molecule has 3 aromatic carbocycles. The summed E-state index contributed by atoms with van der Waals surface area (Å²) in [5.41, 5.74) is 3.93. The molecule has 0 amide bonds. The molecule has 0 aliphatic heterocycles. The minimum absolute atomic E-state index is 0.137. The minimum Gasteiger partial charge on any atom is -0.298 e. The molecule has 2 heteroatoms. The van der Waals surface area contributed by atoms with Gasteiger partial charge in [0.15, 0.2) is 12.1 Å². The molecular weight excluding hydrogens is 296 g/mol. The van der Waals surface area contributed by atoms with Gasteiger partial charge >= 0.3 is 0 Å². The molecule has 0 aliphatic rings. The maximum Gasteiger partial charge on any atom is 0.162 e. The van der Waals surface area contributed by atoms with Crippen LogP contribution in [-0.2, 0) is 0 Å². The molecule has 0 heterocycles. The Kier molecular flexibility index (Phi) is 4.26. The van der Waals surface area contributed by atoms with Crippen LogP contribution in [0.3, 0.4) is 0 Å². The average molecular weight is 312 g/mol. The normalized spacial score (nSPS) is 10.3. The smallest absolute Gasteiger partial charge is 0.162 e. The highest BCUT2D eigenvalue weighted by Gasteiger charge is 2.08. The van der Waals surface area contributed by atoms with Gasteiger partial charge in [0.05, 0.1) is 0 Å². The van der Waals surface area contributed by atoms with Crippen molar-refractivity contribution in [3.63, 3.8) is 0 Å². The molecule has 116 valence electrons. The van der Waals surface area contributed by atoms with Gasteiger partial charge in [-0.25, -0.2) is 0 Å². The van der Waals surface area contributed by atoms with Gasteiger partial charge in [0, 0.05) is 23.1 Å². The number of terminal acetylenes is 1. The highest BCUT2D eigenvalue weighted by Crippen LogP contribution is 2.27. The van der Waals surface area contributed by atoms with Crippen LogP contribution < -0.4 is 0 Å². The maximum absolute atomic E-state index is 11.7. The van der Waals surface area contributed by atoms with E-state index in [4.69, 9.17) is 6.42 Å². The Morgan fingerprint density at radius 1 is 1.04 bits per heavy atom. The van der Waals surface area contributed by atoms with Gasteiger partial charge in [-0.05, 0) is 34.0 Å². The summed E-state index contributed by atoms with van der Waals surface area (Å²) < 4.78 is 0. The van der Waals surface area contributed by atoms with Crippen molar-refractivity contribution in [2.24, 2.45) is 0 Å². The number of aldehydes is 1. The monoisotopic (exact) mass is 312 g/mol. The molecule has 0 saturated heterocycles. The fraction of sp³-hybridized carbons (Fsp3) is 0.0909. The molecule has 0 saturated carbocycles. The second-order valence-electron chi connectivity index (χ2n) is 5.58. The Morgan fingerprint density at radius 2 is 1.75 bits per heavy atom. The van der Waals surface area contributed by atoms with Crippen LogP contribution in [0.25, 0.3) is 21.9 Å². The summed E-state index contributed by atoms with van der Waals surface area (Å²) >= 11 is 0. The summed E-state index contributed by atoms with van der Waals surface area (Å²) in [7, 11) is 0. The number of ketones is 1. The Hall–Kier alpha value is -3.18. The third-order valence-electron chi connectivity index (χ3n) is 4.20. The van der Waals surface area contributed by atoms with Gasteiger partial charge in [-0.15, -0.1) is 6.42 Å². The number of fused-ring (bicyclic) bond motifs is 1. The zero-order valence-corrected chi connectivity index (χ0v) is 13.4. The average Bonchev–Trinajstić information content (AvgIpc) is 2.65. The van der Waals surface area contributed by atoms with Gasteiger partial charge in [0.1, 0.15) is 0 Å². The second kappa shape index (κ2) is 6.52. The van der Waals surface area contributed by atoms with Crippen LogP contribution in [0.15, 0.2) is 54.6 Å². The Morgan fingerprint density at radius 3 is 2.38 bits per heavy atom. The van der Waals surface area contributed by atoms with Crippen molar-refractivity contribution in [1.82, 2.24) is 0 Å².